The topological polar surface area (TPSA) is 92.5 Å². The summed E-state index contributed by atoms with van der Waals surface area (Å²) in [4.78, 5) is 35.2. The van der Waals surface area contributed by atoms with Gasteiger partial charge in [-0.25, -0.2) is 0 Å². The summed E-state index contributed by atoms with van der Waals surface area (Å²) in [7, 11) is 0. The summed E-state index contributed by atoms with van der Waals surface area (Å²) >= 11 is 5.78. The highest BCUT2D eigenvalue weighted by Crippen LogP contribution is 2.22. The lowest BCUT2D eigenvalue weighted by Crippen LogP contribution is -2.37. The highest BCUT2D eigenvalue weighted by Gasteiger charge is 2.23. The maximum atomic E-state index is 12.3. The Kier molecular flexibility index (Phi) is 4.19. The normalized spacial score (nSPS) is 15.4. The molecule has 0 saturated carbocycles. The van der Waals surface area contributed by atoms with Crippen molar-refractivity contribution in [2.24, 2.45) is 0 Å². The molecule has 0 unspecified atom stereocenters. The third-order valence-corrected chi connectivity index (χ3v) is 3.11. The van der Waals surface area contributed by atoms with E-state index in [0.29, 0.717) is 19.5 Å². The second kappa shape index (κ2) is 5.87. The van der Waals surface area contributed by atoms with Crippen LogP contribution in [0.3, 0.4) is 0 Å². The number of nitrogens with zero attached hydrogens (tertiary/aromatic N) is 2. The highest BCUT2D eigenvalue weighted by atomic mass is 35.5. The predicted octanol–water partition coefficient (Wildman–Crippen LogP) is 1.21. The Hall–Kier alpha value is -2.15. The first-order valence-electron chi connectivity index (χ1n) is 5.98. The molecule has 1 fully saturated rings. The average molecular weight is 298 g/mol. The standard InChI is InChI=1S/C12H12ClN3O4/c13-9-4-8(5-10(6-9)16(19)20)12(18)15-3-1-2-14-11(17)7-15/h4-6H,1-3,7H2,(H,14,17). The van der Waals surface area contributed by atoms with E-state index in [1.54, 1.807) is 0 Å². The molecule has 1 aromatic carbocycles. The summed E-state index contributed by atoms with van der Waals surface area (Å²) in [5.74, 6) is -0.681. The minimum absolute atomic E-state index is 0.0564. The lowest BCUT2D eigenvalue weighted by atomic mass is 10.1. The molecule has 1 aliphatic heterocycles. The van der Waals surface area contributed by atoms with Crippen LogP contribution in [0.1, 0.15) is 16.8 Å². The fraction of sp³-hybridized carbons (Fsp3) is 0.333. The van der Waals surface area contributed by atoms with Crippen LogP contribution in [-0.2, 0) is 4.79 Å². The molecule has 0 aromatic heterocycles. The van der Waals surface area contributed by atoms with Crippen LogP contribution < -0.4 is 5.32 Å². The molecule has 2 amide bonds. The van der Waals surface area contributed by atoms with E-state index in [1.807, 2.05) is 0 Å². The van der Waals surface area contributed by atoms with Crippen LogP contribution in [0.2, 0.25) is 5.02 Å². The van der Waals surface area contributed by atoms with E-state index in [9.17, 15) is 19.7 Å². The molecule has 0 spiro atoms. The number of nitro groups is 1. The van der Waals surface area contributed by atoms with Crippen molar-refractivity contribution in [3.05, 3.63) is 38.9 Å². The van der Waals surface area contributed by atoms with Gasteiger partial charge in [-0.2, -0.15) is 0 Å². The number of carbonyl (C=O) groups excluding carboxylic acids is 2. The lowest BCUT2D eigenvalue weighted by molar-refractivity contribution is -0.384. The summed E-state index contributed by atoms with van der Waals surface area (Å²) in [6.07, 6.45) is 0.639. The van der Waals surface area contributed by atoms with E-state index < -0.39 is 10.8 Å². The van der Waals surface area contributed by atoms with Gasteiger partial charge in [0.1, 0.15) is 0 Å². The van der Waals surface area contributed by atoms with Crippen molar-refractivity contribution in [3.63, 3.8) is 0 Å². The maximum Gasteiger partial charge on any atom is 0.271 e. The fourth-order valence-corrected chi connectivity index (χ4v) is 2.19. The second-order valence-electron chi connectivity index (χ2n) is 4.39. The average Bonchev–Trinajstić information content (AvgIpc) is 2.61. The zero-order valence-corrected chi connectivity index (χ0v) is 11.2. The Balaban J connectivity index is 2.28. The Labute approximate surface area is 119 Å². The third-order valence-electron chi connectivity index (χ3n) is 2.89. The molecule has 8 heteroatoms. The number of benzene rings is 1. The molecule has 2 rings (SSSR count). The van der Waals surface area contributed by atoms with Gasteiger partial charge in [0.05, 0.1) is 11.5 Å². The lowest BCUT2D eigenvalue weighted by Gasteiger charge is -2.18. The zero-order valence-electron chi connectivity index (χ0n) is 10.5. The number of nitro benzene ring substituents is 1. The second-order valence-corrected chi connectivity index (χ2v) is 4.82. The molecule has 1 aromatic rings. The molecule has 0 aliphatic carbocycles. The largest absolute Gasteiger partial charge is 0.354 e. The van der Waals surface area contributed by atoms with Crippen molar-refractivity contribution in [1.29, 1.82) is 0 Å². The van der Waals surface area contributed by atoms with Crippen LogP contribution >= 0.6 is 11.6 Å². The van der Waals surface area contributed by atoms with Crippen molar-refractivity contribution >= 4 is 29.1 Å². The smallest absolute Gasteiger partial charge is 0.271 e. The van der Waals surface area contributed by atoms with E-state index in [1.165, 1.54) is 17.0 Å². The molecule has 0 atom stereocenters. The number of rotatable bonds is 2. The van der Waals surface area contributed by atoms with Crippen molar-refractivity contribution in [2.75, 3.05) is 19.6 Å². The maximum absolute atomic E-state index is 12.3. The van der Waals surface area contributed by atoms with Gasteiger partial charge < -0.3 is 10.2 Å². The van der Waals surface area contributed by atoms with Gasteiger partial charge in [-0.3, -0.25) is 19.7 Å². The molecule has 0 radical (unpaired) electrons. The van der Waals surface area contributed by atoms with Gasteiger partial charge in [0, 0.05) is 35.8 Å². The summed E-state index contributed by atoms with van der Waals surface area (Å²) in [6.45, 7) is 0.870. The first kappa shape index (κ1) is 14.3. The quantitative estimate of drug-likeness (QED) is 0.656. The fourth-order valence-electron chi connectivity index (χ4n) is 1.96. The molecule has 1 saturated heterocycles. The molecule has 1 N–H and O–H groups in total. The first-order chi connectivity index (χ1) is 9.47. The van der Waals surface area contributed by atoms with E-state index in [-0.39, 0.29) is 28.7 Å². The van der Waals surface area contributed by atoms with Crippen LogP contribution in [0, 0.1) is 10.1 Å². The Morgan fingerprint density at radius 1 is 1.40 bits per heavy atom. The number of amides is 2. The van der Waals surface area contributed by atoms with Gasteiger partial charge in [-0.05, 0) is 12.5 Å². The third kappa shape index (κ3) is 3.24. The molecule has 106 valence electrons. The van der Waals surface area contributed by atoms with Gasteiger partial charge in [0.15, 0.2) is 0 Å². The SMILES string of the molecule is O=C1CN(C(=O)c2cc(Cl)cc([N+](=O)[O-])c2)CCCN1. The molecule has 0 bridgehead atoms. The number of non-ortho nitro benzene ring substituents is 1. The monoisotopic (exact) mass is 297 g/mol. The van der Waals surface area contributed by atoms with Gasteiger partial charge in [0.25, 0.3) is 11.6 Å². The van der Waals surface area contributed by atoms with Crippen LogP contribution in [-0.4, -0.2) is 41.3 Å². The Morgan fingerprint density at radius 2 is 2.15 bits per heavy atom. The van der Waals surface area contributed by atoms with Crippen molar-refractivity contribution in [3.8, 4) is 0 Å². The minimum Gasteiger partial charge on any atom is -0.354 e. The summed E-state index contributed by atoms with van der Waals surface area (Å²) < 4.78 is 0. The van der Waals surface area contributed by atoms with Gasteiger partial charge in [-0.1, -0.05) is 11.6 Å². The Bertz CT molecular complexity index is 576. The summed E-state index contributed by atoms with van der Waals surface area (Å²) in [6, 6.07) is 3.70. The Morgan fingerprint density at radius 3 is 2.85 bits per heavy atom. The molecule has 1 heterocycles. The number of nitrogens with one attached hydrogen (secondary N) is 1. The number of halogens is 1. The predicted molar refractivity (Wildman–Crippen MR) is 71.6 cm³/mol. The van der Waals surface area contributed by atoms with Crippen LogP contribution in [0.5, 0.6) is 0 Å². The van der Waals surface area contributed by atoms with Crippen molar-refractivity contribution in [1.82, 2.24) is 10.2 Å². The highest BCUT2D eigenvalue weighted by molar-refractivity contribution is 6.31. The minimum atomic E-state index is -0.613. The van der Waals surface area contributed by atoms with Crippen LogP contribution in [0.4, 0.5) is 5.69 Å². The summed E-state index contributed by atoms with van der Waals surface area (Å²) in [5, 5.41) is 13.5. The molecular formula is C12H12ClN3O4. The number of hydrogen-bond acceptors (Lipinski definition) is 4. The molecule has 1 aliphatic rings. The van der Waals surface area contributed by atoms with E-state index >= 15 is 0 Å². The molecule has 7 nitrogen and oxygen atoms in total. The van der Waals surface area contributed by atoms with Crippen LogP contribution in [0.15, 0.2) is 18.2 Å². The van der Waals surface area contributed by atoms with Crippen molar-refractivity contribution in [2.45, 2.75) is 6.42 Å². The van der Waals surface area contributed by atoms with E-state index in [0.717, 1.165) is 6.07 Å². The van der Waals surface area contributed by atoms with Crippen molar-refractivity contribution < 1.29 is 14.5 Å². The van der Waals surface area contributed by atoms with Gasteiger partial charge in [0.2, 0.25) is 5.91 Å². The molecule has 20 heavy (non-hydrogen) atoms. The number of hydrogen-bond donors (Lipinski definition) is 1. The van der Waals surface area contributed by atoms with Crippen LogP contribution in [0.25, 0.3) is 0 Å². The van der Waals surface area contributed by atoms with E-state index in [4.69, 9.17) is 11.6 Å². The van der Waals surface area contributed by atoms with Gasteiger partial charge >= 0.3 is 0 Å². The first-order valence-corrected chi connectivity index (χ1v) is 6.36. The summed E-state index contributed by atoms with van der Waals surface area (Å²) in [5.41, 5.74) is -0.140. The molecular weight excluding hydrogens is 286 g/mol. The van der Waals surface area contributed by atoms with E-state index in [2.05, 4.69) is 5.32 Å². The zero-order chi connectivity index (χ0) is 14.7. The van der Waals surface area contributed by atoms with Gasteiger partial charge in [-0.15, -0.1) is 0 Å². The number of carbonyl (C=O) groups is 2.